The summed E-state index contributed by atoms with van der Waals surface area (Å²) >= 11 is 9.46. The first-order valence-electron chi connectivity index (χ1n) is 5.97. The quantitative estimate of drug-likeness (QED) is 0.912. The summed E-state index contributed by atoms with van der Waals surface area (Å²) in [6.07, 6.45) is 2.58. The molecule has 3 nitrogen and oxygen atoms in total. The van der Waals surface area contributed by atoms with E-state index in [1.54, 1.807) is 23.0 Å². The summed E-state index contributed by atoms with van der Waals surface area (Å²) in [5.41, 5.74) is 7.20. The van der Waals surface area contributed by atoms with Crippen molar-refractivity contribution in [3.8, 4) is 0 Å². The Balaban J connectivity index is 2.50. The molecule has 0 aliphatic heterocycles. The molecule has 0 bridgehead atoms. The van der Waals surface area contributed by atoms with Crippen molar-refractivity contribution in [3.63, 3.8) is 0 Å². The van der Waals surface area contributed by atoms with Crippen LogP contribution >= 0.6 is 27.5 Å². The van der Waals surface area contributed by atoms with Gasteiger partial charge in [-0.1, -0.05) is 24.6 Å². The van der Waals surface area contributed by atoms with Gasteiger partial charge >= 0.3 is 0 Å². The lowest BCUT2D eigenvalue weighted by Gasteiger charge is -2.17. The van der Waals surface area contributed by atoms with E-state index in [0.717, 1.165) is 23.1 Å². The summed E-state index contributed by atoms with van der Waals surface area (Å²) in [5, 5.41) is 4.56. The number of nitrogens with zero attached hydrogens (tertiary/aromatic N) is 2. The maximum absolute atomic E-state index is 13.9. The Labute approximate surface area is 124 Å². The predicted molar refractivity (Wildman–Crippen MR) is 77.7 cm³/mol. The average molecular weight is 347 g/mol. The first-order chi connectivity index (χ1) is 9.06. The van der Waals surface area contributed by atoms with Crippen LogP contribution in [0.4, 0.5) is 4.39 Å². The van der Waals surface area contributed by atoms with Gasteiger partial charge in [0.15, 0.2) is 0 Å². The molecule has 0 radical (unpaired) electrons. The normalized spacial score (nSPS) is 12.7. The van der Waals surface area contributed by atoms with E-state index >= 15 is 0 Å². The Morgan fingerprint density at radius 3 is 2.89 bits per heavy atom. The van der Waals surface area contributed by atoms with E-state index in [1.807, 2.05) is 6.92 Å². The second-order valence-electron chi connectivity index (χ2n) is 4.21. The maximum Gasteiger partial charge on any atom is 0.129 e. The third-order valence-corrected chi connectivity index (χ3v) is 3.81. The van der Waals surface area contributed by atoms with Crippen LogP contribution in [0.3, 0.4) is 0 Å². The van der Waals surface area contributed by atoms with Crippen molar-refractivity contribution in [2.24, 2.45) is 5.73 Å². The molecule has 2 N–H and O–H groups in total. The molecule has 1 aromatic carbocycles. The molecule has 0 saturated carbocycles. The van der Waals surface area contributed by atoms with Gasteiger partial charge in [-0.2, -0.15) is 5.10 Å². The van der Waals surface area contributed by atoms with Crippen LogP contribution in [0.25, 0.3) is 0 Å². The zero-order valence-corrected chi connectivity index (χ0v) is 12.7. The number of rotatable bonds is 4. The monoisotopic (exact) mass is 345 g/mol. The molecule has 1 aromatic heterocycles. The Morgan fingerprint density at radius 1 is 1.53 bits per heavy atom. The molecule has 0 amide bonds. The van der Waals surface area contributed by atoms with E-state index in [2.05, 4.69) is 21.0 Å². The third-order valence-electron chi connectivity index (χ3n) is 2.87. The molecule has 102 valence electrons. The van der Waals surface area contributed by atoms with Gasteiger partial charge in [0.1, 0.15) is 5.82 Å². The zero-order chi connectivity index (χ0) is 14.0. The molecule has 19 heavy (non-hydrogen) atoms. The molecule has 0 fully saturated rings. The number of nitrogens with two attached hydrogens (primary N) is 1. The number of aryl methyl sites for hydroxylation is 1. The van der Waals surface area contributed by atoms with Gasteiger partial charge < -0.3 is 5.73 Å². The standard InChI is InChI=1S/C13H14BrClFN3/c1-2-6-19-13(8(14)7-18-19)12(17)11-9(15)4-3-5-10(11)16/h3-5,7,12H,2,6,17H2,1H3. The van der Waals surface area contributed by atoms with Crippen molar-refractivity contribution in [1.82, 2.24) is 9.78 Å². The van der Waals surface area contributed by atoms with Crippen LogP contribution in [0, 0.1) is 5.82 Å². The van der Waals surface area contributed by atoms with Crippen molar-refractivity contribution >= 4 is 27.5 Å². The van der Waals surface area contributed by atoms with Crippen LogP contribution in [0.2, 0.25) is 5.02 Å². The summed E-state index contributed by atoms with van der Waals surface area (Å²) in [6, 6.07) is 3.90. The second kappa shape index (κ2) is 6.03. The molecule has 2 aromatic rings. The van der Waals surface area contributed by atoms with Gasteiger partial charge in [0.2, 0.25) is 0 Å². The lowest BCUT2D eigenvalue weighted by molar-refractivity contribution is 0.544. The van der Waals surface area contributed by atoms with E-state index in [1.165, 1.54) is 6.07 Å². The molecule has 1 unspecified atom stereocenters. The van der Waals surface area contributed by atoms with Crippen molar-refractivity contribution in [2.75, 3.05) is 0 Å². The van der Waals surface area contributed by atoms with Gasteiger partial charge in [-0.05, 0) is 34.5 Å². The van der Waals surface area contributed by atoms with Gasteiger partial charge in [-0.25, -0.2) is 4.39 Å². The first kappa shape index (κ1) is 14.5. The van der Waals surface area contributed by atoms with Crippen LogP contribution in [0.15, 0.2) is 28.9 Å². The number of benzene rings is 1. The molecule has 1 heterocycles. The van der Waals surface area contributed by atoms with Crippen LogP contribution < -0.4 is 5.73 Å². The third kappa shape index (κ3) is 2.83. The zero-order valence-electron chi connectivity index (χ0n) is 10.4. The largest absolute Gasteiger partial charge is 0.319 e. The lowest BCUT2D eigenvalue weighted by Crippen LogP contribution is -2.19. The first-order valence-corrected chi connectivity index (χ1v) is 7.14. The number of hydrogen-bond donors (Lipinski definition) is 1. The summed E-state index contributed by atoms with van der Waals surface area (Å²) in [6.45, 7) is 2.77. The van der Waals surface area contributed by atoms with E-state index in [0.29, 0.717) is 10.6 Å². The summed E-state index contributed by atoms with van der Waals surface area (Å²) < 4.78 is 16.5. The Morgan fingerprint density at radius 2 is 2.26 bits per heavy atom. The molecule has 0 aliphatic rings. The highest BCUT2D eigenvalue weighted by Gasteiger charge is 2.23. The molecule has 6 heteroatoms. The maximum atomic E-state index is 13.9. The van der Waals surface area contributed by atoms with Crippen molar-refractivity contribution in [3.05, 3.63) is 51.0 Å². The molecule has 1 atom stereocenters. The second-order valence-corrected chi connectivity index (χ2v) is 5.48. The van der Waals surface area contributed by atoms with Gasteiger partial charge in [-0.15, -0.1) is 0 Å². The molecule has 2 rings (SSSR count). The SMILES string of the molecule is CCCn1ncc(Br)c1C(N)c1c(F)cccc1Cl. The average Bonchev–Trinajstić information content (AvgIpc) is 2.70. The van der Waals surface area contributed by atoms with Gasteiger partial charge in [-0.3, -0.25) is 4.68 Å². The van der Waals surface area contributed by atoms with E-state index in [-0.39, 0.29) is 0 Å². The fourth-order valence-electron chi connectivity index (χ4n) is 2.02. The minimum atomic E-state index is -0.655. The van der Waals surface area contributed by atoms with Crippen LogP contribution in [-0.4, -0.2) is 9.78 Å². The minimum Gasteiger partial charge on any atom is -0.319 e. The van der Waals surface area contributed by atoms with E-state index < -0.39 is 11.9 Å². The Hall–Kier alpha value is -0.910. The molecule has 0 aliphatic carbocycles. The van der Waals surface area contributed by atoms with Gasteiger partial charge in [0.25, 0.3) is 0 Å². The number of halogens is 3. The highest BCUT2D eigenvalue weighted by Crippen LogP contribution is 2.32. The fourth-order valence-corrected chi connectivity index (χ4v) is 2.84. The predicted octanol–water partition coefficient (Wildman–Crippen LogP) is 3.90. The van der Waals surface area contributed by atoms with Crippen molar-refractivity contribution in [2.45, 2.75) is 25.9 Å². The molecular weight excluding hydrogens is 333 g/mol. The summed E-state index contributed by atoms with van der Waals surface area (Å²) in [5.74, 6) is -0.406. The van der Waals surface area contributed by atoms with Gasteiger partial charge in [0, 0.05) is 17.1 Å². The van der Waals surface area contributed by atoms with Gasteiger partial charge in [0.05, 0.1) is 22.4 Å². The fraction of sp³-hybridized carbons (Fsp3) is 0.308. The highest BCUT2D eigenvalue weighted by molar-refractivity contribution is 9.10. The summed E-state index contributed by atoms with van der Waals surface area (Å²) in [7, 11) is 0. The smallest absolute Gasteiger partial charge is 0.129 e. The van der Waals surface area contributed by atoms with E-state index in [4.69, 9.17) is 17.3 Å². The minimum absolute atomic E-state index is 0.294. The van der Waals surface area contributed by atoms with Crippen LogP contribution in [0.1, 0.15) is 30.6 Å². The Kier molecular flexibility index (Phi) is 4.60. The van der Waals surface area contributed by atoms with Crippen LogP contribution in [-0.2, 0) is 6.54 Å². The topological polar surface area (TPSA) is 43.8 Å². The molecule has 0 saturated heterocycles. The van der Waals surface area contributed by atoms with Crippen LogP contribution in [0.5, 0.6) is 0 Å². The highest BCUT2D eigenvalue weighted by atomic mass is 79.9. The van der Waals surface area contributed by atoms with Crippen molar-refractivity contribution < 1.29 is 4.39 Å². The summed E-state index contributed by atoms with van der Waals surface area (Å²) in [4.78, 5) is 0. The molecule has 0 spiro atoms. The Bertz CT molecular complexity index is 565. The number of aromatic nitrogens is 2. The molecular formula is C13H14BrClFN3. The van der Waals surface area contributed by atoms with Crippen molar-refractivity contribution in [1.29, 1.82) is 0 Å². The number of hydrogen-bond acceptors (Lipinski definition) is 2. The lowest BCUT2D eigenvalue weighted by atomic mass is 10.0. The van der Waals surface area contributed by atoms with E-state index in [9.17, 15) is 4.39 Å².